The van der Waals surface area contributed by atoms with E-state index in [-0.39, 0.29) is 12.6 Å². The summed E-state index contributed by atoms with van der Waals surface area (Å²) in [6.07, 6.45) is 0. The van der Waals surface area contributed by atoms with Crippen LogP contribution in [0.2, 0.25) is 5.02 Å². The Balaban J connectivity index is 2.20. The topological polar surface area (TPSA) is 76.7 Å². The van der Waals surface area contributed by atoms with Crippen LogP contribution >= 0.6 is 11.6 Å². The van der Waals surface area contributed by atoms with Gasteiger partial charge < -0.3 is 20.1 Å². The van der Waals surface area contributed by atoms with E-state index in [1.807, 2.05) is 6.92 Å². The molecule has 2 rings (SSSR count). The van der Waals surface area contributed by atoms with E-state index in [4.69, 9.17) is 21.1 Å². The van der Waals surface area contributed by atoms with Crippen LogP contribution < -0.4 is 10.6 Å². The lowest BCUT2D eigenvalue weighted by molar-refractivity contribution is -0.141. The molecule has 0 saturated heterocycles. The predicted octanol–water partition coefficient (Wildman–Crippen LogP) is 2.55. The van der Waals surface area contributed by atoms with Crippen molar-refractivity contribution in [2.24, 2.45) is 0 Å². The molecule has 6 nitrogen and oxygen atoms in total. The largest absolute Gasteiger partial charge is 0.460 e. The van der Waals surface area contributed by atoms with Gasteiger partial charge in [-0.15, -0.1) is 0 Å². The fourth-order valence-corrected chi connectivity index (χ4v) is 2.41. The third-order valence-corrected chi connectivity index (χ3v) is 3.61. The predicted molar refractivity (Wildman–Crippen MR) is 86.0 cm³/mol. The summed E-state index contributed by atoms with van der Waals surface area (Å²) in [4.78, 5) is 24.1. The van der Waals surface area contributed by atoms with Gasteiger partial charge in [0.2, 0.25) is 0 Å². The second-order valence-electron chi connectivity index (χ2n) is 4.95. The first kappa shape index (κ1) is 17.3. The number of amides is 2. The van der Waals surface area contributed by atoms with Crippen LogP contribution in [0, 0.1) is 0 Å². The minimum absolute atomic E-state index is 0.157. The lowest BCUT2D eigenvalue weighted by Crippen LogP contribution is -2.45. The number of rotatable bonds is 6. The number of hydrogen-bond acceptors (Lipinski definition) is 4. The molecular weight excluding hydrogens is 320 g/mol. The van der Waals surface area contributed by atoms with Gasteiger partial charge >= 0.3 is 12.0 Å². The number of allylic oxidation sites excluding steroid dienone is 1. The quantitative estimate of drug-likeness (QED) is 0.617. The molecule has 1 aromatic rings. The van der Waals surface area contributed by atoms with E-state index in [2.05, 4.69) is 10.6 Å². The molecule has 1 atom stereocenters. The van der Waals surface area contributed by atoms with Gasteiger partial charge in [-0.25, -0.2) is 9.59 Å². The smallest absolute Gasteiger partial charge is 0.338 e. The van der Waals surface area contributed by atoms with Crippen LogP contribution in [0.3, 0.4) is 0 Å². The van der Waals surface area contributed by atoms with E-state index in [0.29, 0.717) is 29.5 Å². The van der Waals surface area contributed by atoms with Crippen molar-refractivity contribution in [3.63, 3.8) is 0 Å². The highest BCUT2D eigenvalue weighted by atomic mass is 35.5. The molecule has 0 aliphatic carbocycles. The molecule has 124 valence electrons. The molecule has 1 aromatic carbocycles. The van der Waals surface area contributed by atoms with Crippen molar-refractivity contribution in [1.82, 2.24) is 10.6 Å². The van der Waals surface area contributed by atoms with Gasteiger partial charge in [0.05, 0.1) is 18.2 Å². The Morgan fingerprint density at radius 2 is 1.96 bits per heavy atom. The number of esters is 1. The Kier molecular flexibility index (Phi) is 6.01. The second-order valence-corrected chi connectivity index (χ2v) is 5.39. The van der Waals surface area contributed by atoms with Crippen LogP contribution in [0.4, 0.5) is 4.79 Å². The van der Waals surface area contributed by atoms with Crippen molar-refractivity contribution in [2.45, 2.75) is 19.9 Å². The van der Waals surface area contributed by atoms with Crippen molar-refractivity contribution < 1.29 is 19.1 Å². The van der Waals surface area contributed by atoms with Crippen LogP contribution in [-0.4, -0.2) is 31.8 Å². The molecule has 0 spiro atoms. The van der Waals surface area contributed by atoms with Crippen molar-refractivity contribution in [3.8, 4) is 0 Å². The summed E-state index contributed by atoms with van der Waals surface area (Å²) in [5.74, 6) is -0.491. The lowest BCUT2D eigenvalue weighted by atomic mass is 9.96. The van der Waals surface area contributed by atoms with Gasteiger partial charge in [0.15, 0.2) is 0 Å². The first-order valence-corrected chi connectivity index (χ1v) is 7.69. The monoisotopic (exact) mass is 338 g/mol. The van der Waals surface area contributed by atoms with Crippen molar-refractivity contribution >= 4 is 23.6 Å². The van der Waals surface area contributed by atoms with Crippen molar-refractivity contribution in [2.75, 3.05) is 19.8 Å². The highest BCUT2D eigenvalue weighted by molar-refractivity contribution is 6.30. The minimum atomic E-state index is -0.583. The van der Waals surface area contributed by atoms with Crippen molar-refractivity contribution in [3.05, 3.63) is 46.1 Å². The fourth-order valence-electron chi connectivity index (χ4n) is 2.29. The molecule has 0 fully saturated rings. The molecule has 1 heterocycles. The van der Waals surface area contributed by atoms with Crippen LogP contribution in [0.25, 0.3) is 0 Å². The molecule has 2 amide bonds. The molecule has 0 saturated carbocycles. The van der Waals surface area contributed by atoms with Gasteiger partial charge in [0, 0.05) is 17.3 Å². The summed E-state index contributed by atoms with van der Waals surface area (Å²) in [5, 5.41) is 5.91. The maximum absolute atomic E-state index is 12.4. The highest BCUT2D eigenvalue weighted by Crippen LogP contribution is 2.28. The van der Waals surface area contributed by atoms with E-state index < -0.39 is 12.0 Å². The van der Waals surface area contributed by atoms with Gasteiger partial charge in [0.25, 0.3) is 0 Å². The molecule has 0 unspecified atom stereocenters. The van der Waals surface area contributed by atoms with E-state index in [1.165, 1.54) is 0 Å². The maximum atomic E-state index is 12.4. The zero-order valence-electron chi connectivity index (χ0n) is 13.0. The highest BCUT2D eigenvalue weighted by Gasteiger charge is 2.32. The molecule has 1 aliphatic heterocycles. The average molecular weight is 339 g/mol. The standard InChI is InChI=1S/C16H19ClN2O4/c1-3-22-8-9-23-15(20)13-10(2)18-16(21)19-14(13)11-4-6-12(17)7-5-11/h4-7,14H,3,8-9H2,1-2H3,(H2,18,19,21)/t14-/m0/s1. The third-order valence-electron chi connectivity index (χ3n) is 3.36. The van der Waals surface area contributed by atoms with E-state index in [0.717, 1.165) is 5.56 Å². The number of halogens is 1. The molecule has 1 aliphatic rings. The van der Waals surface area contributed by atoms with Crippen LogP contribution in [0.1, 0.15) is 25.5 Å². The molecule has 0 bridgehead atoms. The number of carbonyl (C=O) groups is 2. The van der Waals surface area contributed by atoms with Crippen LogP contribution in [0.15, 0.2) is 35.5 Å². The van der Waals surface area contributed by atoms with Gasteiger partial charge in [-0.3, -0.25) is 0 Å². The summed E-state index contributed by atoms with van der Waals surface area (Å²) in [5.41, 5.74) is 1.58. The Morgan fingerprint density at radius 1 is 1.26 bits per heavy atom. The Morgan fingerprint density at radius 3 is 2.61 bits per heavy atom. The average Bonchev–Trinajstić information content (AvgIpc) is 2.51. The maximum Gasteiger partial charge on any atom is 0.338 e. The number of urea groups is 1. The Hall–Kier alpha value is -2.05. The summed E-state index contributed by atoms with van der Waals surface area (Å²) < 4.78 is 10.4. The van der Waals surface area contributed by atoms with Crippen LogP contribution in [-0.2, 0) is 14.3 Å². The third kappa shape index (κ3) is 4.46. The molecule has 23 heavy (non-hydrogen) atoms. The van der Waals surface area contributed by atoms with E-state index >= 15 is 0 Å². The number of nitrogens with one attached hydrogen (secondary N) is 2. The normalized spacial score (nSPS) is 17.5. The summed E-state index contributed by atoms with van der Waals surface area (Å²) in [6.45, 7) is 4.58. The summed E-state index contributed by atoms with van der Waals surface area (Å²) in [7, 11) is 0. The lowest BCUT2D eigenvalue weighted by Gasteiger charge is -2.28. The van der Waals surface area contributed by atoms with E-state index in [9.17, 15) is 9.59 Å². The zero-order valence-corrected chi connectivity index (χ0v) is 13.8. The number of benzene rings is 1. The summed E-state index contributed by atoms with van der Waals surface area (Å²) >= 11 is 5.89. The molecular formula is C16H19ClN2O4. The van der Waals surface area contributed by atoms with Gasteiger partial charge in [-0.1, -0.05) is 23.7 Å². The fraction of sp³-hybridized carbons (Fsp3) is 0.375. The number of hydrogen-bond donors (Lipinski definition) is 2. The Labute approximate surface area is 139 Å². The molecule has 0 radical (unpaired) electrons. The molecule has 2 N–H and O–H groups in total. The first-order valence-electron chi connectivity index (χ1n) is 7.31. The van der Waals surface area contributed by atoms with Crippen molar-refractivity contribution in [1.29, 1.82) is 0 Å². The Bertz CT molecular complexity index is 613. The first-order chi connectivity index (χ1) is 11.0. The minimum Gasteiger partial charge on any atom is -0.460 e. The van der Waals surface area contributed by atoms with Gasteiger partial charge in [0.1, 0.15) is 6.61 Å². The van der Waals surface area contributed by atoms with E-state index in [1.54, 1.807) is 31.2 Å². The summed E-state index contributed by atoms with van der Waals surface area (Å²) in [6, 6.07) is 5.99. The second kappa shape index (κ2) is 7.99. The van der Waals surface area contributed by atoms with Gasteiger partial charge in [-0.05, 0) is 31.5 Å². The zero-order chi connectivity index (χ0) is 16.8. The number of ether oxygens (including phenoxy) is 2. The number of carbonyl (C=O) groups excluding carboxylic acids is 2. The van der Waals surface area contributed by atoms with Crippen LogP contribution in [0.5, 0.6) is 0 Å². The molecule has 0 aromatic heterocycles. The SMILES string of the molecule is CCOCCOC(=O)C1=C(C)NC(=O)N[C@H]1c1ccc(Cl)cc1. The van der Waals surface area contributed by atoms with Gasteiger partial charge in [-0.2, -0.15) is 0 Å². The molecule has 7 heteroatoms.